The Labute approximate surface area is 165 Å². The maximum absolute atomic E-state index is 12.2. The van der Waals surface area contributed by atoms with Crippen LogP contribution in [0.25, 0.3) is 0 Å². The second kappa shape index (κ2) is 10.5. The molecule has 155 valence electrons. The summed E-state index contributed by atoms with van der Waals surface area (Å²) in [5.74, 6) is -1.67. The number of carbonyl (C=O) groups is 2. The number of aliphatic hydroxyl groups excluding tert-OH is 1. The zero-order valence-corrected chi connectivity index (χ0v) is 16.1. The van der Waals surface area contributed by atoms with Crippen LogP contribution < -0.4 is 11.2 Å². The predicted octanol–water partition coefficient (Wildman–Crippen LogP) is 1.49. The third-order valence-corrected chi connectivity index (χ3v) is 5.79. The first-order chi connectivity index (χ1) is 13.3. The van der Waals surface area contributed by atoms with Gasteiger partial charge in [0.15, 0.2) is 0 Å². The quantitative estimate of drug-likeness (QED) is 0.304. The van der Waals surface area contributed by atoms with E-state index in [4.69, 9.17) is 10.9 Å². The Morgan fingerprint density at radius 1 is 1.25 bits per heavy atom. The molecule has 1 aromatic rings. The van der Waals surface area contributed by atoms with Crippen LogP contribution >= 0.6 is 0 Å². The summed E-state index contributed by atoms with van der Waals surface area (Å²) in [6.45, 7) is 0. The zero-order valence-electron chi connectivity index (χ0n) is 16.1. The lowest BCUT2D eigenvalue weighted by Gasteiger charge is -2.41. The molecule has 0 spiro atoms. The molecule has 2 rings (SSSR count). The van der Waals surface area contributed by atoms with Gasteiger partial charge in [0.1, 0.15) is 0 Å². The zero-order chi connectivity index (χ0) is 20.6. The molecule has 0 bridgehead atoms. The Hall–Kier alpha value is -1.96. The number of amides is 2. The highest BCUT2D eigenvalue weighted by Gasteiger charge is 2.44. The van der Waals surface area contributed by atoms with Crippen molar-refractivity contribution < 1.29 is 25.0 Å². The van der Waals surface area contributed by atoms with E-state index in [1.807, 2.05) is 30.3 Å². The van der Waals surface area contributed by atoms with E-state index in [1.165, 1.54) is 0 Å². The molecule has 0 unspecified atom stereocenters. The van der Waals surface area contributed by atoms with Crippen molar-refractivity contribution in [2.75, 3.05) is 0 Å². The van der Waals surface area contributed by atoms with Crippen LogP contribution in [-0.2, 0) is 16.0 Å². The Morgan fingerprint density at radius 2 is 1.89 bits per heavy atom. The lowest BCUT2D eigenvalue weighted by atomic mass is 9.69. The summed E-state index contributed by atoms with van der Waals surface area (Å²) >= 11 is 0. The molecule has 1 aromatic carbocycles. The summed E-state index contributed by atoms with van der Waals surface area (Å²) in [4.78, 5) is 23.2. The van der Waals surface area contributed by atoms with Crippen LogP contribution in [0.1, 0.15) is 50.5 Å². The number of carbonyl (C=O) groups excluding carboxylic acids is 2. The molecule has 0 aliphatic heterocycles. The number of rotatable bonds is 10. The smallest absolute Gasteiger partial charge is 0.249 e. The van der Waals surface area contributed by atoms with Gasteiger partial charge in [0.05, 0.1) is 17.6 Å². The van der Waals surface area contributed by atoms with Crippen molar-refractivity contribution in [1.29, 1.82) is 0 Å². The van der Waals surface area contributed by atoms with Crippen molar-refractivity contribution in [3.05, 3.63) is 42.3 Å². The van der Waals surface area contributed by atoms with Crippen molar-refractivity contribution in [3.8, 4) is 0 Å². The molecule has 6 N–H and O–H groups in total. The first-order valence-electron chi connectivity index (χ1n) is 9.84. The van der Waals surface area contributed by atoms with Gasteiger partial charge in [-0.1, -0.05) is 30.3 Å². The van der Waals surface area contributed by atoms with E-state index in [0.29, 0.717) is 44.9 Å². The monoisotopic (exact) mass is 391 g/mol. The molecule has 1 radical (unpaired) electrons. The SMILES string of the molecule is NC(=O)CCC1CCC(O)([C@H](C[C@@H](O)[CH]Cc2ccccc2)C(=O)NO)CC1. The molecule has 0 heterocycles. The van der Waals surface area contributed by atoms with Crippen LogP contribution in [0, 0.1) is 18.3 Å². The van der Waals surface area contributed by atoms with Gasteiger partial charge in [-0.05, 0) is 62.8 Å². The van der Waals surface area contributed by atoms with Crippen LogP contribution in [0.3, 0.4) is 0 Å². The summed E-state index contributed by atoms with van der Waals surface area (Å²) in [6, 6.07) is 9.63. The van der Waals surface area contributed by atoms with Crippen LogP contribution in [0.5, 0.6) is 0 Å². The first-order valence-corrected chi connectivity index (χ1v) is 9.84. The van der Waals surface area contributed by atoms with Crippen LogP contribution in [-0.4, -0.2) is 38.9 Å². The first kappa shape index (κ1) is 22.3. The average molecular weight is 391 g/mol. The van der Waals surface area contributed by atoms with E-state index in [9.17, 15) is 19.8 Å². The molecule has 1 saturated carbocycles. The fourth-order valence-electron chi connectivity index (χ4n) is 4.03. The van der Waals surface area contributed by atoms with Gasteiger partial charge >= 0.3 is 0 Å². The Morgan fingerprint density at radius 3 is 2.46 bits per heavy atom. The molecular weight excluding hydrogens is 360 g/mol. The molecule has 2 atom stereocenters. The highest BCUT2D eigenvalue weighted by atomic mass is 16.5. The highest BCUT2D eigenvalue weighted by molar-refractivity contribution is 5.78. The van der Waals surface area contributed by atoms with Crippen LogP contribution in [0.4, 0.5) is 0 Å². The van der Waals surface area contributed by atoms with E-state index in [1.54, 1.807) is 11.9 Å². The fraction of sp³-hybridized carbons (Fsp3) is 0.571. The van der Waals surface area contributed by atoms with Gasteiger partial charge in [0.25, 0.3) is 0 Å². The molecule has 1 aliphatic carbocycles. The molecule has 0 aromatic heterocycles. The normalized spacial score (nSPS) is 24.3. The van der Waals surface area contributed by atoms with E-state index in [2.05, 4.69) is 0 Å². The van der Waals surface area contributed by atoms with Crippen molar-refractivity contribution in [3.63, 3.8) is 0 Å². The number of hydrogen-bond acceptors (Lipinski definition) is 5. The molecule has 7 nitrogen and oxygen atoms in total. The van der Waals surface area contributed by atoms with Crippen LogP contribution in [0.2, 0.25) is 0 Å². The molecule has 0 saturated heterocycles. The number of aliphatic hydroxyl groups is 2. The van der Waals surface area contributed by atoms with Gasteiger partial charge in [-0.2, -0.15) is 0 Å². The number of nitrogens with two attached hydrogens (primary N) is 1. The average Bonchev–Trinajstić information content (AvgIpc) is 2.70. The summed E-state index contributed by atoms with van der Waals surface area (Å²) in [5, 5.41) is 30.6. The molecule has 1 fully saturated rings. The van der Waals surface area contributed by atoms with Gasteiger partial charge in [-0.25, -0.2) is 5.48 Å². The third kappa shape index (κ3) is 6.58. The summed E-state index contributed by atoms with van der Waals surface area (Å²) < 4.78 is 0. The largest absolute Gasteiger partial charge is 0.393 e. The summed E-state index contributed by atoms with van der Waals surface area (Å²) in [5.41, 5.74) is 6.57. The molecule has 2 amide bonds. The molecule has 1 aliphatic rings. The maximum atomic E-state index is 12.2. The van der Waals surface area contributed by atoms with Crippen LogP contribution in [0.15, 0.2) is 30.3 Å². The Bertz CT molecular complexity index is 629. The number of hydroxylamine groups is 1. The number of hydrogen-bond donors (Lipinski definition) is 5. The van der Waals surface area contributed by atoms with Crippen molar-refractivity contribution in [2.24, 2.45) is 17.6 Å². The summed E-state index contributed by atoms with van der Waals surface area (Å²) in [7, 11) is 0. The van der Waals surface area contributed by atoms with Gasteiger partial charge in [-0.15, -0.1) is 0 Å². The second-order valence-corrected chi connectivity index (χ2v) is 7.81. The van der Waals surface area contributed by atoms with Gasteiger partial charge < -0.3 is 15.9 Å². The van der Waals surface area contributed by atoms with E-state index < -0.39 is 23.5 Å². The van der Waals surface area contributed by atoms with Crippen molar-refractivity contribution >= 4 is 11.8 Å². The van der Waals surface area contributed by atoms with E-state index in [-0.39, 0.29) is 18.2 Å². The molecular formula is C21H31N2O5. The topological polar surface area (TPSA) is 133 Å². The third-order valence-electron chi connectivity index (χ3n) is 5.79. The number of nitrogens with one attached hydrogen (secondary N) is 1. The van der Waals surface area contributed by atoms with Crippen molar-refractivity contribution in [2.45, 2.75) is 63.1 Å². The Kier molecular flexibility index (Phi) is 8.41. The van der Waals surface area contributed by atoms with Gasteiger partial charge in [0.2, 0.25) is 11.8 Å². The predicted molar refractivity (Wildman–Crippen MR) is 104 cm³/mol. The van der Waals surface area contributed by atoms with E-state index in [0.717, 1.165) is 5.56 Å². The van der Waals surface area contributed by atoms with E-state index >= 15 is 0 Å². The Balaban J connectivity index is 1.93. The number of benzene rings is 1. The van der Waals surface area contributed by atoms with Gasteiger partial charge in [-0.3, -0.25) is 14.8 Å². The van der Waals surface area contributed by atoms with Crippen molar-refractivity contribution in [1.82, 2.24) is 5.48 Å². The minimum absolute atomic E-state index is 0.0294. The highest BCUT2D eigenvalue weighted by Crippen LogP contribution is 2.40. The minimum Gasteiger partial charge on any atom is -0.393 e. The lowest BCUT2D eigenvalue weighted by molar-refractivity contribution is -0.149. The fourth-order valence-corrected chi connectivity index (χ4v) is 4.03. The standard InChI is InChI=1S/C21H31N2O5/c22-19(25)9-7-16-10-12-21(27,13-11-16)18(20(26)23-28)14-17(24)8-6-15-4-2-1-3-5-15/h1-5,8,16-18,24,27-28H,6-7,9-14H2,(H2,22,25)(H,23,26)/t16?,17-,18+,21?/m0/s1. The summed E-state index contributed by atoms with van der Waals surface area (Å²) in [6.07, 6.45) is 4.47. The molecule has 28 heavy (non-hydrogen) atoms. The maximum Gasteiger partial charge on any atom is 0.249 e. The number of primary amides is 1. The minimum atomic E-state index is -1.29. The molecule has 7 heteroatoms. The second-order valence-electron chi connectivity index (χ2n) is 7.81. The van der Waals surface area contributed by atoms with Gasteiger partial charge in [0, 0.05) is 6.42 Å². The lowest BCUT2D eigenvalue weighted by Crippen LogP contribution is -2.49.